The number of guanidine groups is 1. The van der Waals surface area contributed by atoms with Crippen molar-refractivity contribution in [3.8, 4) is 0 Å². The van der Waals surface area contributed by atoms with Crippen LogP contribution in [0.15, 0.2) is 52.1 Å². The molecule has 29 heavy (non-hydrogen) atoms. The Balaban J connectivity index is 1.45. The molecular weight excluding hydrogens is 368 g/mol. The molecule has 0 unspecified atom stereocenters. The van der Waals surface area contributed by atoms with E-state index in [0.717, 1.165) is 48.7 Å². The van der Waals surface area contributed by atoms with Crippen LogP contribution in [0.2, 0.25) is 0 Å². The van der Waals surface area contributed by atoms with Crippen molar-refractivity contribution in [3.05, 3.63) is 54.2 Å². The minimum Gasteiger partial charge on any atom is -0.467 e. The van der Waals surface area contributed by atoms with Crippen molar-refractivity contribution >= 4 is 22.9 Å². The van der Waals surface area contributed by atoms with Crippen LogP contribution >= 0.6 is 0 Å². The molecule has 2 heterocycles. The normalized spacial score (nSPS) is 11.6. The van der Waals surface area contributed by atoms with Gasteiger partial charge in [0.25, 0.3) is 0 Å². The largest absolute Gasteiger partial charge is 0.467 e. The molecule has 2 aromatic heterocycles. The molecule has 1 amide bonds. The molecule has 8 nitrogen and oxygen atoms in total. The number of furan rings is 1. The third-order valence-corrected chi connectivity index (χ3v) is 4.46. The van der Waals surface area contributed by atoms with Gasteiger partial charge in [-0.25, -0.2) is 9.98 Å². The highest BCUT2D eigenvalue weighted by Gasteiger charge is 2.07. The topological polar surface area (TPSA) is 96.5 Å². The number of carbonyl (C=O) groups is 1. The average Bonchev–Trinajstić information content (AvgIpc) is 3.35. The fraction of sp³-hybridized carbons (Fsp3) is 0.381. The number of aromatic nitrogens is 2. The summed E-state index contributed by atoms with van der Waals surface area (Å²) in [7, 11) is 0. The Hall–Kier alpha value is -3.29. The van der Waals surface area contributed by atoms with Crippen LogP contribution in [0.4, 0.5) is 0 Å². The molecule has 8 heteroatoms. The van der Waals surface area contributed by atoms with E-state index >= 15 is 0 Å². The molecule has 0 saturated carbocycles. The van der Waals surface area contributed by atoms with Crippen LogP contribution in [0.25, 0.3) is 11.0 Å². The number of nitrogens with one attached hydrogen (secondary N) is 3. The highest BCUT2D eigenvalue weighted by molar-refractivity contribution is 5.84. The van der Waals surface area contributed by atoms with Gasteiger partial charge >= 0.3 is 0 Å². The maximum Gasteiger partial charge on any atom is 0.242 e. The number of hydrogen-bond donors (Lipinski definition) is 3. The Kier molecular flexibility index (Phi) is 7.27. The fourth-order valence-electron chi connectivity index (χ4n) is 3.07. The molecule has 0 aliphatic rings. The highest BCUT2D eigenvalue weighted by Crippen LogP contribution is 2.15. The molecule has 0 radical (unpaired) electrons. The molecule has 0 saturated heterocycles. The Morgan fingerprint density at radius 1 is 1.17 bits per heavy atom. The molecule has 0 spiro atoms. The van der Waals surface area contributed by atoms with Crippen LogP contribution in [0, 0.1) is 6.92 Å². The van der Waals surface area contributed by atoms with E-state index in [9.17, 15) is 4.79 Å². The summed E-state index contributed by atoms with van der Waals surface area (Å²) in [5, 5.41) is 9.23. The van der Waals surface area contributed by atoms with Gasteiger partial charge in [0.1, 0.15) is 18.1 Å². The third-order valence-electron chi connectivity index (χ3n) is 4.46. The van der Waals surface area contributed by atoms with Gasteiger partial charge in [0, 0.05) is 19.6 Å². The van der Waals surface area contributed by atoms with E-state index in [1.807, 2.05) is 38.1 Å². The predicted molar refractivity (Wildman–Crippen MR) is 114 cm³/mol. The molecule has 0 atom stereocenters. The molecule has 3 N–H and O–H groups in total. The third kappa shape index (κ3) is 5.84. The summed E-state index contributed by atoms with van der Waals surface area (Å²) < 4.78 is 7.42. The van der Waals surface area contributed by atoms with Crippen molar-refractivity contribution in [1.82, 2.24) is 25.5 Å². The Labute approximate surface area is 170 Å². The van der Waals surface area contributed by atoms with E-state index in [2.05, 4.69) is 36.6 Å². The van der Waals surface area contributed by atoms with E-state index in [4.69, 9.17) is 4.42 Å². The summed E-state index contributed by atoms with van der Waals surface area (Å²) in [5.74, 6) is 2.21. The van der Waals surface area contributed by atoms with Gasteiger partial charge in [0.15, 0.2) is 5.96 Å². The Bertz CT molecular complexity index is 945. The van der Waals surface area contributed by atoms with E-state index in [1.165, 1.54) is 0 Å². The van der Waals surface area contributed by atoms with Crippen molar-refractivity contribution in [3.63, 3.8) is 0 Å². The summed E-state index contributed by atoms with van der Waals surface area (Å²) in [5.41, 5.74) is 2.17. The van der Waals surface area contributed by atoms with Crippen molar-refractivity contribution in [1.29, 1.82) is 0 Å². The second-order valence-corrected chi connectivity index (χ2v) is 6.63. The van der Waals surface area contributed by atoms with Gasteiger partial charge in [-0.1, -0.05) is 12.1 Å². The lowest BCUT2D eigenvalue weighted by Gasteiger charge is -2.12. The highest BCUT2D eigenvalue weighted by atomic mass is 16.3. The number of benzene rings is 1. The van der Waals surface area contributed by atoms with Crippen molar-refractivity contribution < 1.29 is 9.21 Å². The number of hydrogen-bond acceptors (Lipinski definition) is 4. The summed E-state index contributed by atoms with van der Waals surface area (Å²) in [4.78, 5) is 20.9. The maximum atomic E-state index is 12.0. The number of carbonyl (C=O) groups excluding carboxylic acids is 1. The number of amides is 1. The zero-order valence-corrected chi connectivity index (χ0v) is 16.9. The first-order valence-electron chi connectivity index (χ1n) is 9.90. The summed E-state index contributed by atoms with van der Waals surface area (Å²) in [6, 6.07) is 11.8. The smallest absolute Gasteiger partial charge is 0.242 e. The first-order valence-corrected chi connectivity index (χ1v) is 9.90. The van der Waals surface area contributed by atoms with Gasteiger partial charge in [-0.15, -0.1) is 0 Å². The second-order valence-electron chi connectivity index (χ2n) is 6.63. The minimum absolute atomic E-state index is 0.0569. The standard InChI is InChI=1S/C21H28N6O2/c1-3-22-21(25-15-20(28)24-14-17-8-6-13-29-17)23-11-7-12-27-16(2)26-18-9-4-5-10-19(18)27/h4-6,8-10,13H,3,7,11-12,14-15H2,1-2H3,(H,24,28)(H2,22,23,25). The zero-order valence-electron chi connectivity index (χ0n) is 16.9. The molecule has 0 fully saturated rings. The van der Waals surface area contributed by atoms with Crippen LogP contribution < -0.4 is 16.0 Å². The quantitative estimate of drug-likeness (QED) is 0.293. The van der Waals surface area contributed by atoms with Crippen LogP contribution in [0.1, 0.15) is 24.9 Å². The average molecular weight is 396 g/mol. The SMILES string of the molecule is CCNC(=NCC(=O)NCc1ccco1)NCCCn1c(C)nc2ccccc21. The Morgan fingerprint density at radius 3 is 2.83 bits per heavy atom. The number of aryl methyl sites for hydroxylation is 2. The monoisotopic (exact) mass is 396 g/mol. The van der Waals surface area contributed by atoms with Gasteiger partial charge in [0.2, 0.25) is 5.91 Å². The van der Waals surface area contributed by atoms with Gasteiger partial charge < -0.3 is 24.9 Å². The summed E-state index contributed by atoms with van der Waals surface area (Å²) in [6.07, 6.45) is 2.50. The number of rotatable bonds is 9. The maximum absolute atomic E-state index is 12.0. The van der Waals surface area contributed by atoms with Crippen LogP contribution in [0.3, 0.4) is 0 Å². The molecule has 1 aromatic carbocycles. The molecule has 154 valence electrons. The molecular formula is C21H28N6O2. The van der Waals surface area contributed by atoms with E-state index < -0.39 is 0 Å². The number of nitrogens with zero attached hydrogens (tertiary/aromatic N) is 3. The van der Waals surface area contributed by atoms with Crippen molar-refractivity contribution in [2.45, 2.75) is 33.4 Å². The predicted octanol–water partition coefficient (Wildman–Crippen LogP) is 2.20. The second kappa shape index (κ2) is 10.3. The Morgan fingerprint density at radius 2 is 2.03 bits per heavy atom. The van der Waals surface area contributed by atoms with E-state index in [1.54, 1.807) is 12.3 Å². The zero-order chi connectivity index (χ0) is 20.5. The molecule has 3 rings (SSSR count). The molecule has 0 aliphatic carbocycles. The van der Waals surface area contributed by atoms with E-state index in [-0.39, 0.29) is 12.5 Å². The first-order chi connectivity index (χ1) is 14.2. The van der Waals surface area contributed by atoms with Crippen LogP contribution in [0.5, 0.6) is 0 Å². The fourth-order valence-corrected chi connectivity index (χ4v) is 3.07. The van der Waals surface area contributed by atoms with Crippen molar-refractivity contribution in [2.75, 3.05) is 19.6 Å². The summed E-state index contributed by atoms with van der Waals surface area (Å²) in [6.45, 7) is 6.78. The number of para-hydroxylation sites is 2. The van der Waals surface area contributed by atoms with Crippen LogP contribution in [-0.4, -0.2) is 41.1 Å². The van der Waals surface area contributed by atoms with Gasteiger partial charge in [0.05, 0.1) is 23.8 Å². The number of imidazole rings is 1. The van der Waals surface area contributed by atoms with Gasteiger partial charge in [-0.05, 0) is 44.5 Å². The minimum atomic E-state index is -0.154. The lowest BCUT2D eigenvalue weighted by atomic mass is 10.3. The first kappa shape index (κ1) is 20.4. The summed E-state index contributed by atoms with van der Waals surface area (Å²) >= 11 is 0. The van der Waals surface area contributed by atoms with Gasteiger partial charge in [-0.2, -0.15) is 0 Å². The van der Waals surface area contributed by atoms with Crippen LogP contribution in [-0.2, 0) is 17.9 Å². The number of fused-ring (bicyclic) bond motifs is 1. The number of aliphatic imine (C=N–C) groups is 1. The lowest BCUT2D eigenvalue weighted by Crippen LogP contribution is -2.39. The van der Waals surface area contributed by atoms with E-state index in [0.29, 0.717) is 12.5 Å². The van der Waals surface area contributed by atoms with Crippen molar-refractivity contribution in [2.24, 2.45) is 4.99 Å². The van der Waals surface area contributed by atoms with Gasteiger partial charge in [-0.3, -0.25) is 4.79 Å². The molecule has 0 aliphatic heterocycles. The molecule has 3 aromatic rings. The molecule has 0 bridgehead atoms. The lowest BCUT2D eigenvalue weighted by molar-refractivity contribution is -0.119.